The lowest BCUT2D eigenvalue weighted by Gasteiger charge is -2.34. The Kier molecular flexibility index (Phi) is 7.58. The molecule has 9 nitrogen and oxygen atoms in total. The van der Waals surface area contributed by atoms with Crippen molar-refractivity contribution in [1.82, 2.24) is 25.2 Å². The van der Waals surface area contributed by atoms with Crippen molar-refractivity contribution < 1.29 is 14.3 Å². The van der Waals surface area contributed by atoms with Gasteiger partial charge in [0.05, 0.1) is 30.9 Å². The van der Waals surface area contributed by atoms with Crippen LogP contribution in [0.25, 0.3) is 10.9 Å². The Hall–Kier alpha value is -3.30. The smallest absolute Gasteiger partial charge is 0.316 e. The number of pyridine rings is 1. The molecule has 2 aromatic heterocycles. The van der Waals surface area contributed by atoms with Crippen molar-refractivity contribution in [3.8, 4) is 6.01 Å². The summed E-state index contributed by atoms with van der Waals surface area (Å²) in [6.45, 7) is 9.28. The molecule has 4 heterocycles. The first kappa shape index (κ1) is 24.4. The number of fused-ring (bicyclic) bond motifs is 1. The average molecular weight is 491 g/mol. The Bertz CT molecular complexity index is 1170. The molecule has 3 aromatic rings. The van der Waals surface area contributed by atoms with Gasteiger partial charge in [0.25, 0.3) is 5.91 Å². The molecule has 2 fully saturated rings. The fourth-order valence-electron chi connectivity index (χ4n) is 4.87. The Morgan fingerprint density at radius 2 is 1.81 bits per heavy atom. The van der Waals surface area contributed by atoms with Crippen LogP contribution >= 0.6 is 0 Å². The Balaban J connectivity index is 1.33. The maximum absolute atomic E-state index is 13.3. The molecule has 0 bridgehead atoms. The lowest BCUT2D eigenvalue weighted by atomic mass is 10.1. The second-order valence-electron chi connectivity index (χ2n) is 9.58. The summed E-state index contributed by atoms with van der Waals surface area (Å²) in [4.78, 5) is 31.6. The number of hydrogen-bond acceptors (Lipinski definition) is 8. The third-order valence-corrected chi connectivity index (χ3v) is 6.71. The van der Waals surface area contributed by atoms with Gasteiger partial charge < -0.3 is 19.7 Å². The van der Waals surface area contributed by atoms with Crippen LogP contribution in [-0.4, -0.2) is 77.8 Å². The zero-order valence-corrected chi connectivity index (χ0v) is 21.0. The minimum atomic E-state index is -0.115. The predicted octanol–water partition coefficient (Wildman–Crippen LogP) is 3.22. The Labute approximate surface area is 211 Å². The Morgan fingerprint density at radius 1 is 1.06 bits per heavy atom. The van der Waals surface area contributed by atoms with Crippen LogP contribution in [-0.2, 0) is 4.74 Å². The summed E-state index contributed by atoms with van der Waals surface area (Å²) in [6.07, 6.45) is 5.99. The normalized spacial score (nSPS) is 17.5. The van der Waals surface area contributed by atoms with E-state index in [0.29, 0.717) is 31.3 Å². The van der Waals surface area contributed by atoms with Crippen LogP contribution in [0.4, 0.5) is 5.82 Å². The van der Waals surface area contributed by atoms with E-state index in [9.17, 15) is 4.79 Å². The van der Waals surface area contributed by atoms with Crippen LogP contribution in [0.3, 0.4) is 0 Å². The van der Waals surface area contributed by atoms with E-state index < -0.39 is 0 Å². The topological polar surface area (TPSA) is 92.7 Å². The van der Waals surface area contributed by atoms with Gasteiger partial charge in [-0.15, -0.1) is 0 Å². The largest absolute Gasteiger partial charge is 0.461 e. The van der Waals surface area contributed by atoms with Crippen LogP contribution in [0, 0.1) is 0 Å². The van der Waals surface area contributed by atoms with E-state index in [4.69, 9.17) is 14.5 Å². The maximum Gasteiger partial charge on any atom is 0.316 e. The highest BCUT2D eigenvalue weighted by molar-refractivity contribution is 6.06. The molecule has 2 saturated heterocycles. The molecular weight excluding hydrogens is 456 g/mol. The molecule has 1 aromatic carbocycles. The third kappa shape index (κ3) is 5.57. The number of ether oxygens (including phenoxy) is 2. The number of anilines is 1. The maximum atomic E-state index is 13.3. The molecular formula is C27H34N6O3. The van der Waals surface area contributed by atoms with Gasteiger partial charge in [0, 0.05) is 61.6 Å². The van der Waals surface area contributed by atoms with E-state index in [2.05, 4.69) is 25.1 Å². The average Bonchev–Trinajstić information content (AvgIpc) is 3.44. The van der Waals surface area contributed by atoms with Crippen molar-refractivity contribution >= 4 is 22.6 Å². The third-order valence-electron chi connectivity index (χ3n) is 6.71. The number of carbonyl (C=O) groups excluding carboxylic acids is 1. The van der Waals surface area contributed by atoms with Crippen LogP contribution in [0.2, 0.25) is 0 Å². The molecule has 2 aliphatic rings. The summed E-state index contributed by atoms with van der Waals surface area (Å²) in [5.74, 6) is 0.866. The summed E-state index contributed by atoms with van der Waals surface area (Å²) < 4.78 is 11.1. The number of nitrogens with one attached hydrogen (secondary N) is 1. The number of carbonyl (C=O) groups is 1. The highest BCUT2D eigenvalue weighted by atomic mass is 16.5. The van der Waals surface area contributed by atoms with Crippen molar-refractivity contribution in [2.24, 2.45) is 0 Å². The van der Waals surface area contributed by atoms with E-state index in [0.717, 1.165) is 48.5 Å². The second-order valence-corrected chi connectivity index (χ2v) is 9.58. The standard InChI is InChI=1S/C27H34N6O3/c1-19(2)36-27-29-16-20(17-30-27)24(32-12-14-35-15-13-32)18-28-26(34)22-6-5-7-23-21(22)8-9-25(31-23)33-10-3-4-11-33/h5-9,16-17,19,24H,3-4,10-15,18H2,1-2H3,(H,28,34). The number of nitrogens with zero attached hydrogens (tertiary/aromatic N) is 5. The quantitative estimate of drug-likeness (QED) is 0.515. The zero-order valence-electron chi connectivity index (χ0n) is 21.0. The highest BCUT2D eigenvalue weighted by Gasteiger charge is 2.25. The Morgan fingerprint density at radius 3 is 2.53 bits per heavy atom. The van der Waals surface area contributed by atoms with E-state index in [1.54, 1.807) is 12.4 Å². The molecule has 1 N–H and O–H groups in total. The van der Waals surface area contributed by atoms with Crippen molar-refractivity contribution in [1.29, 1.82) is 0 Å². The van der Waals surface area contributed by atoms with Crippen LogP contribution in [0.1, 0.15) is 48.7 Å². The van der Waals surface area contributed by atoms with Gasteiger partial charge in [-0.1, -0.05) is 6.07 Å². The van der Waals surface area contributed by atoms with Crippen LogP contribution in [0.15, 0.2) is 42.7 Å². The number of hydrogen-bond donors (Lipinski definition) is 1. The number of amides is 1. The molecule has 1 amide bonds. The van der Waals surface area contributed by atoms with Crippen molar-refractivity contribution in [3.63, 3.8) is 0 Å². The van der Waals surface area contributed by atoms with Gasteiger partial charge in [0.15, 0.2) is 0 Å². The molecule has 0 aliphatic carbocycles. The van der Waals surface area contributed by atoms with Gasteiger partial charge in [-0.25, -0.2) is 15.0 Å². The molecule has 1 atom stereocenters. The molecule has 190 valence electrons. The number of rotatable bonds is 8. The number of benzene rings is 1. The lowest BCUT2D eigenvalue weighted by Crippen LogP contribution is -2.44. The zero-order chi connectivity index (χ0) is 24.9. The van der Waals surface area contributed by atoms with Gasteiger partial charge in [-0.2, -0.15) is 0 Å². The molecule has 2 aliphatic heterocycles. The first-order valence-electron chi connectivity index (χ1n) is 12.8. The van der Waals surface area contributed by atoms with E-state index >= 15 is 0 Å². The van der Waals surface area contributed by atoms with Crippen molar-refractivity contribution in [3.05, 3.63) is 53.9 Å². The van der Waals surface area contributed by atoms with Gasteiger partial charge >= 0.3 is 6.01 Å². The molecule has 0 spiro atoms. The summed E-state index contributed by atoms with van der Waals surface area (Å²) in [5, 5.41) is 4.02. The van der Waals surface area contributed by atoms with E-state index in [1.165, 1.54) is 12.8 Å². The van der Waals surface area contributed by atoms with E-state index in [-0.39, 0.29) is 18.1 Å². The van der Waals surface area contributed by atoms with Crippen LogP contribution in [0.5, 0.6) is 6.01 Å². The summed E-state index contributed by atoms with van der Waals surface area (Å²) in [7, 11) is 0. The van der Waals surface area contributed by atoms with E-state index in [1.807, 2.05) is 44.2 Å². The second kappa shape index (κ2) is 11.2. The predicted molar refractivity (Wildman–Crippen MR) is 138 cm³/mol. The molecule has 1 unspecified atom stereocenters. The van der Waals surface area contributed by atoms with Crippen molar-refractivity contribution in [2.45, 2.75) is 38.8 Å². The summed E-state index contributed by atoms with van der Waals surface area (Å²) in [5.41, 5.74) is 2.40. The SMILES string of the molecule is CC(C)Oc1ncc(C(CNC(=O)c2cccc3nc(N4CCCC4)ccc23)N2CCOCC2)cn1. The van der Waals surface area contributed by atoms with Gasteiger partial charge in [0.1, 0.15) is 5.82 Å². The van der Waals surface area contributed by atoms with Crippen molar-refractivity contribution in [2.75, 3.05) is 50.8 Å². The minimum Gasteiger partial charge on any atom is -0.461 e. The van der Waals surface area contributed by atoms with Gasteiger partial charge in [0.2, 0.25) is 0 Å². The molecule has 0 saturated carbocycles. The van der Waals surface area contributed by atoms with Gasteiger partial charge in [-0.05, 0) is 51.0 Å². The fraction of sp³-hybridized carbons (Fsp3) is 0.481. The molecule has 36 heavy (non-hydrogen) atoms. The fourth-order valence-corrected chi connectivity index (χ4v) is 4.87. The monoisotopic (exact) mass is 490 g/mol. The first-order chi connectivity index (χ1) is 17.6. The summed E-state index contributed by atoms with van der Waals surface area (Å²) >= 11 is 0. The lowest BCUT2D eigenvalue weighted by molar-refractivity contribution is 0.0160. The highest BCUT2D eigenvalue weighted by Crippen LogP contribution is 2.25. The van der Waals surface area contributed by atoms with Crippen LogP contribution < -0.4 is 15.0 Å². The minimum absolute atomic E-state index is 0.00629. The van der Waals surface area contributed by atoms with Gasteiger partial charge in [-0.3, -0.25) is 9.69 Å². The molecule has 9 heteroatoms. The molecule has 5 rings (SSSR count). The summed E-state index contributed by atoms with van der Waals surface area (Å²) in [6, 6.07) is 10.1. The number of aromatic nitrogens is 3. The molecule has 0 radical (unpaired) electrons. The first-order valence-corrected chi connectivity index (χ1v) is 12.8. The number of morpholine rings is 1.